The Morgan fingerprint density at radius 3 is 2.47 bits per heavy atom. The lowest BCUT2D eigenvalue weighted by Gasteiger charge is -2.13. The average Bonchev–Trinajstić information content (AvgIpc) is 2.72. The molecule has 102 valence electrons. The molecule has 1 N–H and O–H groups in total. The van der Waals surface area contributed by atoms with Crippen molar-refractivity contribution in [3.8, 4) is 0 Å². The minimum Gasteiger partial charge on any atom is -0.353 e. The predicted molar refractivity (Wildman–Crippen MR) is 76.0 cm³/mol. The molecule has 0 unspecified atom stereocenters. The Balaban J connectivity index is 2.24. The van der Waals surface area contributed by atoms with Crippen molar-refractivity contribution < 1.29 is 4.39 Å². The number of nitrogens with zero attached hydrogens (tertiary/aromatic N) is 2. The van der Waals surface area contributed by atoms with Crippen molar-refractivity contribution in [2.45, 2.75) is 40.3 Å². The molecule has 0 spiro atoms. The molecule has 1 heterocycles. The van der Waals surface area contributed by atoms with Crippen LogP contribution in [-0.2, 0) is 6.54 Å². The van der Waals surface area contributed by atoms with Crippen LogP contribution in [0.15, 0.2) is 24.5 Å². The van der Waals surface area contributed by atoms with Crippen LogP contribution >= 0.6 is 0 Å². The number of hydrogen-bond acceptors (Lipinski definition) is 2. The van der Waals surface area contributed by atoms with Crippen LogP contribution in [0.5, 0.6) is 0 Å². The Morgan fingerprint density at radius 2 is 1.89 bits per heavy atom. The Kier molecular flexibility index (Phi) is 3.88. The number of anilines is 1. The fourth-order valence-corrected chi connectivity index (χ4v) is 2.16. The van der Waals surface area contributed by atoms with E-state index in [1.807, 2.05) is 22.9 Å². The third-order valence-electron chi connectivity index (χ3n) is 2.98. The topological polar surface area (TPSA) is 29.9 Å². The molecular formula is C15H20FN3. The molecule has 2 aromatic rings. The first-order chi connectivity index (χ1) is 8.97. The highest BCUT2D eigenvalue weighted by atomic mass is 19.1. The van der Waals surface area contributed by atoms with Crippen LogP contribution in [-0.4, -0.2) is 15.6 Å². The van der Waals surface area contributed by atoms with Gasteiger partial charge in [-0.2, -0.15) is 0 Å². The van der Waals surface area contributed by atoms with Gasteiger partial charge in [-0.1, -0.05) is 12.1 Å². The molecule has 4 heteroatoms. The van der Waals surface area contributed by atoms with Gasteiger partial charge in [0.15, 0.2) is 0 Å². The second-order valence-corrected chi connectivity index (χ2v) is 5.22. The summed E-state index contributed by atoms with van der Waals surface area (Å²) in [5.41, 5.74) is 2.46. The lowest BCUT2D eigenvalue weighted by atomic mass is 10.1. The quantitative estimate of drug-likeness (QED) is 0.912. The smallest absolute Gasteiger partial charge is 0.203 e. The van der Waals surface area contributed by atoms with E-state index in [1.54, 1.807) is 20.0 Å². The van der Waals surface area contributed by atoms with E-state index in [0.29, 0.717) is 23.7 Å². The van der Waals surface area contributed by atoms with Gasteiger partial charge in [0, 0.05) is 18.4 Å². The number of imidazole rings is 1. The van der Waals surface area contributed by atoms with Gasteiger partial charge in [0.1, 0.15) is 5.82 Å². The second-order valence-electron chi connectivity index (χ2n) is 5.22. The number of nitrogens with one attached hydrogen (secondary N) is 1. The second kappa shape index (κ2) is 5.43. The van der Waals surface area contributed by atoms with E-state index in [4.69, 9.17) is 0 Å². The van der Waals surface area contributed by atoms with Gasteiger partial charge in [-0.05, 0) is 44.4 Å². The van der Waals surface area contributed by atoms with Gasteiger partial charge in [0.2, 0.25) is 5.95 Å². The van der Waals surface area contributed by atoms with Crippen LogP contribution in [0.25, 0.3) is 0 Å². The van der Waals surface area contributed by atoms with Crippen molar-refractivity contribution in [1.29, 1.82) is 0 Å². The fourth-order valence-electron chi connectivity index (χ4n) is 2.16. The third kappa shape index (κ3) is 3.13. The van der Waals surface area contributed by atoms with E-state index in [9.17, 15) is 4.39 Å². The van der Waals surface area contributed by atoms with E-state index in [2.05, 4.69) is 24.1 Å². The molecule has 0 saturated heterocycles. The Labute approximate surface area is 113 Å². The maximum absolute atomic E-state index is 13.6. The van der Waals surface area contributed by atoms with Crippen LogP contribution in [0.4, 0.5) is 10.3 Å². The maximum atomic E-state index is 13.6. The zero-order valence-electron chi connectivity index (χ0n) is 11.9. The van der Waals surface area contributed by atoms with E-state index >= 15 is 0 Å². The van der Waals surface area contributed by atoms with Crippen LogP contribution in [0, 0.1) is 19.7 Å². The zero-order chi connectivity index (χ0) is 14.0. The number of benzene rings is 1. The third-order valence-corrected chi connectivity index (χ3v) is 2.98. The van der Waals surface area contributed by atoms with E-state index in [0.717, 1.165) is 11.5 Å². The van der Waals surface area contributed by atoms with Gasteiger partial charge in [0.25, 0.3) is 0 Å². The molecular weight excluding hydrogens is 241 g/mol. The first-order valence-electron chi connectivity index (χ1n) is 6.50. The van der Waals surface area contributed by atoms with Gasteiger partial charge in [0.05, 0.1) is 6.54 Å². The monoisotopic (exact) mass is 261 g/mol. The molecule has 19 heavy (non-hydrogen) atoms. The molecule has 1 aromatic carbocycles. The van der Waals surface area contributed by atoms with Crippen molar-refractivity contribution in [3.63, 3.8) is 0 Å². The maximum Gasteiger partial charge on any atom is 0.203 e. The summed E-state index contributed by atoms with van der Waals surface area (Å²) in [5, 5.41) is 3.29. The number of aryl methyl sites for hydroxylation is 2. The number of halogens is 1. The molecule has 0 atom stereocenters. The number of aromatic nitrogens is 2. The van der Waals surface area contributed by atoms with Crippen LogP contribution in [0.2, 0.25) is 0 Å². The predicted octanol–water partition coefficient (Wildman–Crippen LogP) is 3.51. The van der Waals surface area contributed by atoms with E-state index < -0.39 is 0 Å². The highest BCUT2D eigenvalue weighted by molar-refractivity contribution is 5.33. The molecule has 0 aliphatic heterocycles. The Morgan fingerprint density at radius 1 is 1.26 bits per heavy atom. The normalized spacial score (nSPS) is 11.1. The van der Waals surface area contributed by atoms with Crippen molar-refractivity contribution in [2.75, 3.05) is 5.32 Å². The molecule has 0 bridgehead atoms. The van der Waals surface area contributed by atoms with E-state index in [1.165, 1.54) is 0 Å². The summed E-state index contributed by atoms with van der Waals surface area (Å²) >= 11 is 0. The molecule has 1 aromatic heterocycles. The van der Waals surface area contributed by atoms with Gasteiger partial charge in [-0.25, -0.2) is 9.37 Å². The Bertz CT molecular complexity index is 550. The van der Waals surface area contributed by atoms with Crippen LogP contribution < -0.4 is 5.32 Å². The van der Waals surface area contributed by atoms with Crippen molar-refractivity contribution in [3.05, 3.63) is 47.0 Å². The first kappa shape index (κ1) is 13.6. The number of hydrogen-bond donors (Lipinski definition) is 1. The van der Waals surface area contributed by atoms with Crippen molar-refractivity contribution in [2.24, 2.45) is 0 Å². The lowest BCUT2D eigenvalue weighted by Crippen LogP contribution is -2.15. The molecule has 0 saturated carbocycles. The van der Waals surface area contributed by atoms with Gasteiger partial charge in [-0.3, -0.25) is 0 Å². The molecule has 0 radical (unpaired) electrons. The van der Waals surface area contributed by atoms with E-state index in [-0.39, 0.29) is 5.82 Å². The van der Waals surface area contributed by atoms with Gasteiger partial charge < -0.3 is 9.88 Å². The van der Waals surface area contributed by atoms with Crippen molar-refractivity contribution >= 4 is 5.95 Å². The average molecular weight is 261 g/mol. The standard InChI is InChI=1S/C15H20FN3/c1-10(2)18-15-17-5-6-19(15)9-13-7-11(3)14(16)12(4)8-13/h5-8,10H,9H2,1-4H3,(H,17,18). The largest absolute Gasteiger partial charge is 0.353 e. The fraction of sp³-hybridized carbons (Fsp3) is 0.400. The summed E-state index contributed by atoms with van der Waals surface area (Å²) in [4.78, 5) is 4.29. The highest BCUT2D eigenvalue weighted by Crippen LogP contribution is 2.17. The summed E-state index contributed by atoms with van der Waals surface area (Å²) in [6.45, 7) is 8.44. The lowest BCUT2D eigenvalue weighted by molar-refractivity contribution is 0.607. The zero-order valence-corrected chi connectivity index (χ0v) is 11.9. The minimum atomic E-state index is -0.116. The summed E-state index contributed by atoms with van der Waals surface area (Å²) < 4.78 is 15.6. The molecule has 3 nitrogen and oxygen atoms in total. The summed E-state index contributed by atoms with van der Waals surface area (Å²) in [7, 11) is 0. The van der Waals surface area contributed by atoms with Gasteiger partial charge >= 0.3 is 0 Å². The minimum absolute atomic E-state index is 0.116. The first-order valence-corrected chi connectivity index (χ1v) is 6.50. The molecule has 0 aliphatic rings. The Hall–Kier alpha value is -1.84. The number of rotatable bonds is 4. The van der Waals surface area contributed by atoms with Gasteiger partial charge in [-0.15, -0.1) is 0 Å². The molecule has 0 fully saturated rings. The van der Waals surface area contributed by atoms with Crippen LogP contribution in [0.3, 0.4) is 0 Å². The molecule has 0 aliphatic carbocycles. The summed E-state index contributed by atoms with van der Waals surface area (Å²) in [6, 6.07) is 4.11. The SMILES string of the molecule is Cc1cc(Cn2ccnc2NC(C)C)cc(C)c1F. The van der Waals surface area contributed by atoms with Crippen molar-refractivity contribution in [1.82, 2.24) is 9.55 Å². The summed E-state index contributed by atoms with van der Waals surface area (Å²) in [5.74, 6) is 0.726. The highest BCUT2D eigenvalue weighted by Gasteiger charge is 2.08. The molecule has 2 rings (SSSR count). The summed E-state index contributed by atoms with van der Waals surface area (Å²) in [6.07, 6.45) is 3.70. The van der Waals surface area contributed by atoms with Crippen LogP contribution in [0.1, 0.15) is 30.5 Å². The molecule has 0 amide bonds.